The summed E-state index contributed by atoms with van der Waals surface area (Å²) >= 11 is 5.93. The number of halogens is 4. The van der Waals surface area contributed by atoms with Crippen LogP contribution in [0.4, 0.5) is 18.9 Å². The summed E-state index contributed by atoms with van der Waals surface area (Å²) in [5.41, 5.74) is 1.66. The molecule has 1 aromatic rings. The summed E-state index contributed by atoms with van der Waals surface area (Å²) in [6.45, 7) is 0.895. The van der Waals surface area contributed by atoms with E-state index < -0.39 is 12.8 Å². The van der Waals surface area contributed by atoms with Gasteiger partial charge in [-0.1, -0.05) is 23.7 Å². The summed E-state index contributed by atoms with van der Waals surface area (Å²) in [6.07, 6.45) is -4.28. The first-order valence-corrected chi connectivity index (χ1v) is 5.41. The highest BCUT2D eigenvalue weighted by molar-refractivity contribution is 6.33. The van der Waals surface area contributed by atoms with Crippen molar-refractivity contribution in [1.82, 2.24) is 0 Å². The highest BCUT2D eigenvalue weighted by Gasteiger charge is 2.27. The molecule has 1 N–H and O–H groups in total. The van der Waals surface area contributed by atoms with Crippen molar-refractivity contribution in [1.29, 1.82) is 0 Å². The van der Waals surface area contributed by atoms with Gasteiger partial charge in [0.25, 0.3) is 0 Å². The summed E-state index contributed by atoms with van der Waals surface area (Å²) in [7, 11) is 0. The molecule has 0 amide bonds. The molecule has 0 bridgehead atoms. The summed E-state index contributed by atoms with van der Waals surface area (Å²) in [5.74, 6) is 0. The Bertz CT molecular complexity index is 348. The van der Waals surface area contributed by atoms with E-state index in [1.807, 2.05) is 19.1 Å². The molecule has 0 aromatic heterocycles. The highest BCUT2D eigenvalue weighted by Crippen LogP contribution is 2.24. The normalized spacial score (nSPS) is 11.6. The second-order valence-electron chi connectivity index (χ2n) is 3.53. The van der Waals surface area contributed by atoms with Crippen LogP contribution in [-0.4, -0.2) is 25.9 Å². The van der Waals surface area contributed by atoms with Crippen LogP contribution < -0.4 is 5.32 Å². The van der Waals surface area contributed by atoms with E-state index in [1.54, 1.807) is 6.07 Å². The fourth-order valence-electron chi connectivity index (χ4n) is 1.29. The van der Waals surface area contributed by atoms with Crippen LogP contribution in [0.1, 0.15) is 5.56 Å². The lowest BCUT2D eigenvalue weighted by molar-refractivity contribution is -0.172. The number of anilines is 1. The Kier molecular flexibility index (Phi) is 5.08. The van der Waals surface area contributed by atoms with Crippen molar-refractivity contribution in [3.8, 4) is 0 Å². The largest absolute Gasteiger partial charge is 0.411 e. The number of aryl methyl sites for hydroxylation is 1. The van der Waals surface area contributed by atoms with E-state index in [0.717, 1.165) is 11.3 Å². The third-order valence-electron chi connectivity index (χ3n) is 2.04. The molecule has 0 unspecified atom stereocenters. The molecular formula is C11H13ClF3NO. The van der Waals surface area contributed by atoms with E-state index in [4.69, 9.17) is 11.6 Å². The zero-order valence-corrected chi connectivity index (χ0v) is 10.0. The Balaban J connectivity index is 2.32. The molecule has 17 heavy (non-hydrogen) atoms. The van der Waals surface area contributed by atoms with Crippen LogP contribution in [0.25, 0.3) is 0 Å². The molecule has 1 aromatic carbocycles. The lowest BCUT2D eigenvalue weighted by Crippen LogP contribution is -2.20. The van der Waals surface area contributed by atoms with Crippen molar-refractivity contribution in [2.75, 3.05) is 25.1 Å². The summed E-state index contributed by atoms with van der Waals surface area (Å²) in [4.78, 5) is 0. The van der Waals surface area contributed by atoms with Gasteiger partial charge < -0.3 is 10.1 Å². The number of hydrogen-bond donors (Lipinski definition) is 1. The maximum absolute atomic E-state index is 11.8. The SMILES string of the molecule is Cc1cccc(Cl)c1NCCOCC(F)(F)F. The van der Waals surface area contributed by atoms with Crippen molar-refractivity contribution in [3.63, 3.8) is 0 Å². The van der Waals surface area contributed by atoms with Gasteiger partial charge in [-0.3, -0.25) is 0 Å². The van der Waals surface area contributed by atoms with Gasteiger partial charge in [0.05, 0.1) is 17.3 Å². The molecule has 0 spiro atoms. The molecule has 0 aliphatic rings. The number of benzene rings is 1. The molecule has 0 heterocycles. The van der Waals surface area contributed by atoms with Crippen LogP contribution in [-0.2, 0) is 4.74 Å². The monoisotopic (exact) mass is 267 g/mol. The number of nitrogens with one attached hydrogen (secondary N) is 1. The second kappa shape index (κ2) is 6.12. The van der Waals surface area contributed by atoms with E-state index in [2.05, 4.69) is 10.1 Å². The quantitative estimate of drug-likeness (QED) is 0.823. The third kappa shape index (κ3) is 5.28. The predicted molar refractivity (Wildman–Crippen MR) is 61.6 cm³/mol. The fourth-order valence-corrected chi connectivity index (χ4v) is 1.58. The van der Waals surface area contributed by atoms with Crippen molar-refractivity contribution < 1.29 is 17.9 Å². The molecule has 0 atom stereocenters. The van der Waals surface area contributed by atoms with Gasteiger partial charge in [-0.05, 0) is 18.6 Å². The van der Waals surface area contributed by atoms with Gasteiger partial charge in [-0.15, -0.1) is 0 Å². The lowest BCUT2D eigenvalue weighted by Gasteiger charge is -2.12. The smallest absolute Gasteiger partial charge is 0.381 e. The first-order valence-electron chi connectivity index (χ1n) is 5.03. The van der Waals surface area contributed by atoms with Crippen LogP contribution in [0, 0.1) is 6.92 Å². The minimum atomic E-state index is -4.28. The van der Waals surface area contributed by atoms with Gasteiger partial charge in [0.2, 0.25) is 0 Å². The fraction of sp³-hybridized carbons (Fsp3) is 0.455. The van der Waals surface area contributed by atoms with Gasteiger partial charge >= 0.3 is 6.18 Å². The first kappa shape index (κ1) is 14.1. The molecule has 0 saturated carbocycles. The Hall–Kier alpha value is -0.940. The average molecular weight is 268 g/mol. The average Bonchev–Trinajstić information content (AvgIpc) is 2.20. The Morgan fingerprint density at radius 3 is 2.65 bits per heavy atom. The minimum absolute atomic E-state index is 0.0236. The molecular weight excluding hydrogens is 255 g/mol. The lowest BCUT2D eigenvalue weighted by atomic mass is 10.2. The Labute approximate surface area is 103 Å². The number of ether oxygens (including phenoxy) is 1. The number of para-hydroxylation sites is 1. The molecule has 2 nitrogen and oxygen atoms in total. The zero-order chi connectivity index (χ0) is 12.9. The van der Waals surface area contributed by atoms with Crippen LogP contribution >= 0.6 is 11.6 Å². The van der Waals surface area contributed by atoms with E-state index >= 15 is 0 Å². The standard InChI is InChI=1S/C11H13ClF3NO/c1-8-3-2-4-9(12)10(8)16-5-6-17-7-11(13,14)15/h2-4,16H,5-7H2,1H3. The molecule has 0 aliphatic carbocycles. The molecule has 0 saturated heterocycles. The summed E-state index contributed by atoms with van der Waals surface area (Å²) in [6, 6.07) is 5.39. The van der Waals surface area contributed by atoms with Crippen molar-refractivity contribution in [2.24, 2.45) is 0 Å². The number of rotatable bonds is 5. The van der Waals surface area contributed by atoms with Gasteiger partial charge in [-0.25, -0.2) is 0 Å². The van der Waals surface area contributed by atoms with E-state index in [-0.39, 0.29) is 13.2 Å². The first-order chi connectivity index (χ1) is 7.90. The molecule has 6 heteroatoms. The van der Waals surface area contributed by atoms with E-state index in [1.165, 1.54) is 0 Å². The Morgan fingerprint density at radius 1 is 1.35 bits per heavy atom. The van der Waals surface area contributed by atoms with Crippen molar-refractivity contribution >= 4 is 17.3 Å². The van der Waals surface area contributed by atoms with Crippen LogP contribution in [0.2, 0.25) is 5.02 Å². The second-order valence-corrected chi connectivity index (χ2v) is 3.93. The summed E-state index contributed by atoms with van der Waals surface area (Å²) in [5, 5.41) is 3.49. The maximum Gasteiger partial charge on any atom is 0.411 e. The predicted octanol–water partition coefficient (Wildman–Crippen LogP) is 3.64. The topological polar surface area (TPSA) is 21.3 Å². The van der Waals surface area contributed by atoms with E-state index in [0.29, 0.717) is 5.02 Å². The van der Waals surface area contributed by atoms with Gasteiger partial charge in [0, 0.05) is 6.54 Å². The molecule has 96 valence electrons. The molecule has 0 aliphatic heterocycles. The van der Waals surface area contributed by atoms with Gasteiger partial charge in [0.1, 0.15) is 6.61 Å². The van der Waals surface area contributed by atoms with Crippen LogP contribution in [0.3, 0.4) is 0 Å². The number of alkyl halides is 3. The maximum atomic E-state index is 11.8. The molecule has 0 fully saturated rings. The zero-order valence-electron chi connectivity index (χ0n) is 9.27. The van der Waals surface area contributed by atoms with Gasteiger partial charge in [-0.2, -0.15) is 13.2 Å². The Morgan fingerprint density at radius 2 is 2.06 bits per heavy atom. The van der Waals surface area contributed by atoms with Crippen LogP contribution in [0.15, 0.2) is 18.2 Å². The molecule has 1 rings (SSSR count). The number of hydrogen-bond acceptors (Lipinski definition) is 2. The third-order valence-corrected chi connectivity index (χ3v) is 2.35. The summed E-state index contributed by atoms with van der Waals surface area (Å²) < 4.78 is 39.8. The van der Waals surface area contributed by atoms with Gasteiger partial charge in [0.15, 0.2) is 0 Å². The van der Waals surface area contributed by atoms with Crippen LogP contribution in [0.5, 0.6) is 0 Å². The highest BCUT2D eigenvalue weighted by atomic mass is 35.5. The molecule has 0 radical (unpaired) electrons. The van der Waals surface area contributed by atoms with Crippen molar-refractivity contribution in [2.45, 2.75) is 13.1 Å². The minimum Gasteiger partial charge on any atom is -0.381 e. The van der Waals surface area contributed by atoms with Crippen molar-refractivity contribution in [3.05, 3.63) is 28.8 Å². The van der Waals surface area contributed by atoms with E-state index in [9.17, 15) is 13.2 Å².